The van der Waals surface area contributed by atoms with Crippen molar-refractivity contribution in [3.05, 3.63) is 23.8 Å². The summed E-state index contributed by atoms with van der Waals surface area (Å²) in [5.41, 5.74) is -0.660. The molecule has 0 aromatic heterocycles. The number of aliphatic hydroxyl groups excluding tert-OH is 1. The Kier molecular flexibility index (Phi) is 4.74. The molecule has 0 aromatic rings. The van der Waals surface area contributed by atoms with Crippen LogP contribution in [-0.2, 0) is 23.8 Å². The zero-order valence-electron chi connectivity index (χ0n) is 19.0. The summed E-state index contributed by atoms with van der Waals surface area (Å²) >= 11 is 0. The zero-order chi connectivity index (χ0) is 22.2. The van der Waals surface area contributed by atoms with Crippen LogP contribution in [0.25, 0.3) is 0 Å². The zero-order valence-corrected chi connectivity index (χ0v) is 19.0. The van der Waals surface area contributed by atoms with Crippen LogP contribution >= 0.6 is 0 Å². The normalized spacial score (nSPS) is 51.3. The number of ether oxygens (including phenoxy) is 3. The average molecular weight is 431 g/mol. The van der Waals surface area contributed by atoms with E-state index in [4.69, 9.17) is 14.2 Å². The van der Waals surface area contributed by atoms with E-state index in [0.717, 1.165) is 24.8 Å². The van der Waals surface area contributed by atoms with E-state index in [-0.39, 0.29) is 41.3 Å². The first-order valence-corrected chi connectivity index (χ1v) is 11.7. The number of ketones is 2. The lowest BCUT2D eigenvalue weighted by Crippen LogP contribution is -2.67. The van der Waals surface area contributed by atoms with Crippen molar-refractivity contribution in [3.8, 4) is 0 Å². The van der Waals surface area contributed by atoms with E-state index in [9.17, 15) is 14.7 Å². The minimum absolute atomic E-state index is 0.0293. The van der Waals surface area contributed by atoms with Gasteiger partial charge in [0.05, 0.1) is 6.10 Å². The lowest BCUT2D eigenvalue weighted by atomic mass is 9.46. The van der Waals surface area contributed by atoms with Gasteiger partial charge in [-0.15, -0.1) is 0 Å². The highest BCUT2D eigenvalue weighted by Gasteiger charge is 2.71. The molecule has 0 amide bonds. The molecule has 6 nitrogen and oxygen atoms in total. The van der Waals surface area contributed by atoms with Crippen molar-refractivity contribution in [2.24, 2.45) is 28.6 Å². The van der Waals surface area contributed by atoms with Crippen LogP contribution in [-0.4, -0.2) is 47.6 Å². The Bertz CT molecular complexity index is 877. The summed E-state index contributed by atoms with van der Waals surface area (Å²) in [5.74, 6) is -0.672. The highest BCUT2D eigenvalue weighted by molar-refractivity contribution is 6.01. The minimum Gasteiger partial charge on any atom is -0.393 e. The van der Waals surface area contributed by atoms with Gasteiger partial charge in [0.2, 0.25) is 0 Å². The summed E-state index contributed by atoms with van der Waals surface area (Å²) in [4.78, 5) is 25.3. The van der Waals surface area contributed by atoms with Gasteiger partial charge in [0.25, 0.3) is 5.97 Å². The third kappa shape index (κ3) is 2.78. The van der Waals surface area contributed by atoms with E-state index in [2.05, 4.69) is 13.8 Å². The second kappa shape index (κ2) is 6.83. The molecule has 0 aromatic carbocycles. The molecule has 5 rings (SSSR count). The molecule has 8 atom stereocenters. The monoisotopic (exact) mass is 430 g/mol. The first-order chi connectivity index (χ1) is 14.6. The highest BCUT2D eigenvalue weighted by Crippen LogP contribution is 2.68. The standard InChI is InChI=1S/C25H34O6/c1-5-29-24(4)30-14-20(28)25(31-24)11-9-18-17-7-6-15-12-16(26)8-10-22(15,2)21(17)19(27)13-23(18,25)3/h8,10,12,17-19,21,27H,5-7,9,11,13-14H2,1-4H3/t17?,18?,19-,21?,22-,23-,24?,25?/m0/s1. The number of hydrogen-bond acceptors (Lipinski definition) is 6. The molecule has 6 heteroatoms. The second-order valence-electron chi connectivity index (χ2n) is 10.7. The lowest BCUT2D eigenvalue weighted by Gasteiger charge is -2.61. The molecule has 1 spiro atoms. The summed E-state index contributed by atoms with van der Waals surface area (Å²) in [6.45, 7) is 8.31. The van der Waals surface area contributed by atoms with Crippen LogP contribution in [0.2, 0.25) is 0 Å². The van der Waals surface area contributed by atoms with Crippen molar-refractivity contribution in [2.45, 2.75) is 77.5 Å². The van der Waals surface area contributed by atoms with Gasteiger partial charge in [-0.1, -0.05) is 25.5 Å². The van der Waals surface area contributed by atoms with Crippen molar-refractivity contribution in [2.75, 3.05) is 13.2 Å². The van der Waals surface area contributed by atoms with Crippen LogP contribution in [0.5, 0.6) is 0 Å². The Morgan fingerprint density at radius 2 is 2.00 bits per heavy atom. The van der Waals surface area contributed by atoms with E-state index >= 15 is 0 Å². The molecule has 1 N–H and O–H groups in total. The number of fused-ring (bicyclic) bond motifs is 6. The maximum Gasteiger partial charge on any atom is 0.281 e. The van der Waals surface area contributed by atoms with Gasteiger partial charge in [-0.2, -0.15) is 0 Å². The van der Waals surface area contributed by atoms with Crippen molar-refractivity contribution in [1.82, 2.24) is 0 Å². The molecule has 3 saturated carbocycles. The molecular weight excluding hydrogens is 396 g/mol. The van der Waals surface area contributed by atoms with E-state index in [0.29, 0.717) is 19.4 Å². The van der Waals surface area contributed by atoms with Gasteiger partial charge < -0.3 is 19.3 Å². The number of carbonyl (C=O) groups excluding carboxylic acids is 2. The lowest BCUT2D eigenvalue weighted by molar-refractivity contribution is -0.420. The van der Waals surface area contributed by atoms with E-state index in [1.54, 1.807) is 19.1 Å². The molecule has 4 aliphatic carbocycles. The van der Waals surface area contributed by atoms with Crippen LogP contribution in [0.1, 0.15) is 59.8 Å². The van der Waals surface area contributed by atoms with Gasteiger partial charge in [-0.25, -0.2) is 0 Å². The number of Topliss-reactive ketones (excluding diaryl/α,β-unsaturated/α-hetero) is 1. The Hall–Kier alpha value is -1.34. The summed E-state index contributed by atoms with van der Waals surface area (Å²) in [6.07, 6.45) is 8.65. The van der Waals surface area contributed by atoms with Gasteiger partial charge in [-0.3, -0.25) is 9.59 Å². The Balaban J connectivity index is 1.53. The van der Waals surface area contributed by atoms with E-state index in [1.165, 1.54) is 0 Å². The first-order valence-electron chi connectivity index (χ1n) is 11.7. The minimum atomic E-state index is -1.25. The molecule has 170 valence electrons. The van der Waals surface area contributed by atoms with Gasteiger partial charge in [-0.05, 0) is 63.0 Å². The van der Waals surface area contributed by atoms with Gasteiger partial charge in [0, 0.05) is 30.3 Å². The number of hydrogen-bond donors (Lipinski definition) is 1. The molecule has 1 saturated heterocycles. The topological polar surface area (TPSA) is 82.1 Å². The Labute approximate surface area is 184 Å². The molecular formula is C25H34O6. The van der Waals surface area contributed by atoms with Crippen LogP contribution in [0.3, 0.4) is 0 Å². The maximum absolute atomic E-state index is 13.3. The van der Waals surface area contributed by atoms with Gasteiger partial charge in [0.15, 0.2) is 11.6 Å². The fourth-order valence-corrected chi connectivity index (χ4v) is 7.99. The first kappa shape index (κ1) is 21.5. The average Bonchev–Trinajstić information content (AvgIpc) is 2.98. The van der Waals surface area contributed by atoms with Crippen LogP contribution in [0.4, 0.5) is 0 Å². The SMILES string of the molecule is CCOC1(C)OCC(=O)C2(CCC3C4CCC5=CC(=O)C=C[C@]5(C)C4[C@@H](O)C[C@@]32C)O1. The molecule has 1 heterocycles. The summed E-state index contributed by atoms with van der Waals surface area (Å²) in [6, 6.07) is 0. The molecule has 4 fully saturated rings. The van der Waals surface area contributed by atoms with E-state index < -0.39 is 23.1 Å². The highest BCUT2D eigenvalue weighted by atomic mass is 16.9. The predicted octanol–water partition coefficient (Wildman–Crippen LogP) is 3.33. The van der Waals surface area contributed by atoms with Gasteiger partial charge >= 0.3 is 0 Å². The van der Waals surface area contributed by atoms with Crippen LogP contribution in [0.15, 0.2) is 23.8 Å². The number of rotatable bonds is 2. The summed E-state index contributed by atoms with van der Waals surface area (Å²) < 4.78 is 17.9. The molecule has 31 heavy (non-hydrogen) atoms. The third-order valence-electron chi connectivity index (χ3n) is 9.30. The molecule has 5 aliphatic rings. The van der Waals surface area contributed by atoms with Crippen molar-refractivity contribution < 1.29 is 28.9 Å². The van der Waals surface area contributed by atoms with Crippen molar-refractivity contribution >= 4 is 11.6 Å². The second-order valence-corrected chi connectivity index (χ2v) is 10.7. The molecule has 0 bridgehead atoms. The van der Waals surface area contributed by atoms with Crippen LogP contribution in [0, 0.1) is 28.6 Å². The smallest absolute Gasteiger partial charge is 0.281 e. The van der Waals surface area contributed by atoms with Crippen LogP contribution < -0.4 is 0 Å². The molecule has 0 radical (unpaired) electrons. The molecule has 5 unspecified atom stereocenters. The maximum atomic E-state index is 13.3. The van der Waals surface area contributed by atoms with Crippen molar-refractivity contribution in [3.63, 3.8) is 0 Å². The third-order valence-corrected chi connectivity index (χ3v) is 9.30. The fourth-order valence-electron chi connectivity index (χ4n) is 7.99. The Morgan fingerprint density at radius 1 is 1.23 bits per heavy atom. The van der Waals surface area contributed by atoms with Crippen molar-refractivity contribution in [1.29, 1.82) is 0 Å². The quantitative estimate of drug-likeness (QED) is 0.724. The molecule has 1 aliphatic heterocycles. The summed E-state index contributed by atoms with van der Waals surface area (Å²) in [7, 11) is 0. The fraction of sp³-hybridized carbons (Fsp3) is 0.760. The Morgan fingerprint density at radius 3 is 2.74 bits per heavy atom. The van der Waals surface area contributed by atoms with E-state index in [1.807, 2.05) is 13.0 Å². The predicted molar refractivity (Wildman–Crippen MR) is 113 cm³/mol. The van der Waals surface area contributed by atoms with Gasteiger partial charge in [0.1, 0.15) is 12.2 Å². The number of allylic oxidation sites excluding steroid dienone is 4. The summed E-state index contributed by atoms with van der Waals surface area (Å²) in [5, 5.41) is 11.5. The number of aliphatic hydroxyl groups is 1. The largest absolute Gasteiger partial charge is 0.393 e. The number of carbonyl (C=O) groups is 2.